The monoisotopic (exact) mass is 455 g/mol. The van der Waals surface area contributed by atoms with Gasteiger partial charge in [-0.1, -0.05) is 68.5 Å². The number of carboxylic acid groups (broad SMARTS) is 1. The van der Waals surface area contributed by atoms with Crippen molar-refractivity contribution < 1.29 is 19.5 Å². The molecule has 2 amide bonds. The Bertz CT molecular complexity index is 893. The summed E-state index contributed by atoms with van der Waals surface area (Å²) in [6.07, 6.45) is 9.64. The molecule has 1 unspecified atom stereocenters. The second-order valence-corrected chi connectivity index (χ2v) is 8.76. The minimum absolute atomic E-state index is 0.0184. The fourth-order valence-electron chi connectivity index (χ4n) is 4.51. The van der Waals surface area contributed by atoms with Crippen LogP contribution in [0.2, 0.25) is 0 Å². The van der Waals surface area contributed by atoms with Crippen molar-refractivity contribution in [3.05, 3.63) is 47.5 Å². The Balaban J connectivity index is 1.61. The number of carboxylic acids is 1. The highest BCUT2D eigenvalue weighted by Gasteiger charge is 2.35. The lowest BCUT2D eigenvalue weighted by atomic mass is 9.84. The normalized spacial score (nSPS) is 19.3. The molecule has 33 heavy (non-hydrogen) atoms. The van der Waals surface area contributed by atoms with Gasteiger partial charge in [0, 0.05) is 18.7 Å². The standard InChI is InChI=1S/C24H33N5O4/c25-22(26)18-10-8-17(9-11-18)14-28-23(32)20-7-4-12-29(20)24(33)19(27-15-21(30)31)13-16-5-2-1-3-6-16/h4,7-11,16,19-20,27H,1-3,5-6,12-15H2,(H3,25,26)(H,28,32)(H,30,31)/t19-,20?/m1/s1. The van der Waals surface area contributed by atoms with Gasteiger partial charge in [-0.05, 0) is 17.9 Å². The zero-order chi connectivity index (χ0) is 23.8. The van der Waals surface area contributed by atoms with Gasteiger partial charge in [0.1, 0.15) is 11.9 Å². The van der Waals surface area contributed by atoms with Gasteiger partial charge in [0.25, 0.3) is 0 Å². The summed E-state index contributed by atoms with van der Waals surface area (Å²) in [5.74, 6) is -1.17. The van der Waals surface area contributed by atoms with E-state index in [4.69, 9.17) is 16.2 Å². The Morgan fingerprint density at radius 3 is 2.48 bits per heavy atom. The number of hydrogen-bond acceptors (Lipinski definition) is 5. The molecule has 1 aliphatic carbocycles. The second kappa shape index (κ2) is 11.6. The Hall–Kier alpha value is -3.20. The molecule has 2 aliphatic rings. The van der Waals surface area contributed by atoms with Crippen LogP contribution in [-0.4, -0.2) is 58.8 Å². The molecule has 0 bridgehead atoms. The Labute approximate surface area is 193 Å². The fourth-order valence-corrected chi connectivity index (χ4v) is 4.51. The topological polar surface area (TPSA) is 149 Å². The van der Waals surface area contributed by atoms with Crippen LogP contribution in [0.5, 0.6) is 0 Å². The maximum absolute atomic E-state index is 13.3. The van der Waals surface area contributed by atoms with Crippen molar-refractivity contribution in [3.8, 4) is 0 Å². The van der Waals surface area contributed by atoms with Crippen molar-refractivity contribution in [2.45, 2.75) is 57.2 Å². The summed E-state index contributed by atoms with van der Waals surface area (Å²) in [6.45, 7) is 0.309. The molecule has 2 atom stereocenters. The lowest BCUT2D eigenvalue weighted by Gasteiger charge is -2.31. The second-order valence-electron chi connectivity index (χ2n) is 8.76. The lowest BCUT2D eigenvalue weighted by Crippen LogP contribution is -2.53. The number of nitrogens with one attached hydrogen (secondary N) is 3. The quantitative estimate of drug-likeness (QED) is 0.204. The summed E-state index contributed by atoms with van der Waals surface area (Å²) >= 11 is 0. The van der Waals surface area contributed by atoms with Gasteiger partial charge in [-0.3, -0.25) is 25.1 Å². The van der Waals surface area contributed by atoms with Crippen molar-refractivity contribution in [2.75, 3.05) is 13.1 Å². The maximum atomic E-state index is 13.3. The number of carbonyl (C=O) groups is 3. The van der Waals surface area contributed by atoms with Crippen molar-refractivity contribution in [3.63, 3.8) is 0 Å². The number of benzene rings is 1. The van der Waals surface area contributed by atoms with Gasteiger partial charge in [0.2, 0.25) is 11.8 Å². The first-order valence-corrected chi connectivity index (χ1v) is 11.5. The van der Waals surface area contributed by atoms with Crippen LogP contribution in [0.4, 0.5) is 0 Å². The number of hydrogen-bond donors (Lipinski definition) is 5. The van der Waals surface area contributed by atoms with Crippen LogP contribution < -0.4 is 16.4 Å². The van der Waals surface area contributed by atoms with E-state index in [1.807, 2.05) is 0 Å². The molecule has 9 heteroatoms. The summed E-state index contributed by atoms with van der Waals surface area (Å²) in [5.41, 5.74) is 6.93. The van der Waals surface area contributed by atoms with Crippen LogP contribution in [0.1, 0.15) is 49.7 Å². The number of rotatable bonds is 10. The van der Waals surface area contributed by atoms with Crippen LogP contribution in [0, 0.1) is 11.3 Å². The molecule has 1 aromatic carbocycles. The van der Waals surface area contributed by atoms with E-state index < -0.39 is 18.1 Å². The van der Waals surface area contributed by atoms with Crippen molar-refractivity contribution in [2.24, 2.45) is 11.7 Å². The van der Waals surface area contributed by atoms with E-state index in [1.165, 1.54) is 11.3 Å². The van der Waals surface area contributed by atoms with Crippen LogP contribution in [0.25, 0.3) is 0 Å². The number of nitrogens with two attached hydrogens (primary N) is 1. The number of carbonyl (C=O) groups excluding carboxylic acids is 2. The largest absolute Gasteiger partial charge is 0.480 e. The molecular weight excluding hydrogens is 422 g/mol. The third kappa shape index (κ3) is 6.89. The highest BCUT2D eigenvalue weighted by atomic mass is 16.4. The Morgan fingerprint density at radius 2 is 1.85 bits per heavy atom. The Morgan fingerprint density at radius 1 is 1.15 bits per heavy atom. The van der Waals surface area contributed by atoms with Gasteiger partial charge in [0.05, 0.1) is 12.6 Å². The molecule has 1 aliphatic heterocycles. The third-order valence-electron chi connectivity index (χ3n) is 6.33. The molecule has 6 N–H and O–H groups in total. The van der Waals surface area contributed by atoms with Gasteiger partial charge in [-0.25, -0.2) is 0 Å². The van der Waals surface area contributed by atoms with Gasteiger partial charge in [-0.2, -0.15) is 0 Å². The zero-order valence-corrected chi connectivity index (χ0v) is 18.8. The number of amides is 2. The smallest absolute Gasteiger partial charge is 0.317 e. The summed E-state index contributed by atoms with van der Waals surface area (Å²) in [6, 6.07) is 5.67. The van der Waals surface area contributed by atoms with Crippen LogP contribution in [0.15, 0.2) is 36.4 Å². The van der Waals surface area contributed by atoms with E-state index in [-0.39, 0.29) is 30.7 Å². The summed E-state index contributed by atoms with van der Waals surface area (Å²) in [5, 5.41) is 22.3. The molecule has 0 radical (unpaired) electrons. The first kappa shape index (κ1) is 24.4. The van der Waals surface area contributed by atoms with E-state index in [2.05, 4.69) is 10.6 Å². The summed E-state index contributed by atoms with van der Waals surface area (Å²) in [4.78, 5) is 38.8. The van der Waals surface area contributed by atoms with E-state index in [1.54, 1.807) is 36.4 Å². The molecular formula is C24H33N5O4. The fraction of sp³-hybridized carbons (Fsp3) is 0.500. The van der Waals surface area contributed by atoms with Gasteiger partial charge < -0.3 is 21.1 Å². The number of nitrogen functional groups attached to an aromatic ring is 1. The SMILES string of the molecule is N=C(N)c1ccc(CNC(=O)C2C=CCN2C(=O)[C@@H](CC2CCCCC2)NCC(=O)O)cc1. The molecule has 1 fully saturated rings. The van der Waals surface area contributed by atoms with Crippen molar-refractivity contribution in [1.82, 2.24) is 15.5 Å². The molecule has 0 spiro atoms. The minimum Gasteiger partial charge on any atom is -0.480 e. The van der Waals surface area contributed by atoms with E-state index in [0.717, 1.165) is 31.2 Å². The first-order chi connectivity index (χ1) is 15.8. The summed E-state index contributed by atoms with van der Waals surface area (Å²) < 4.78 is 0. The predicted molar refractivity (Wildman–Crippen MR) is 125 cm³/mol. The molecule has 1 aromatic rings. The van der Waals surface area contributed by atoms with Gasteiger partial charge >= 0.3 is 5.97 Å². The first-order valence-electron chi connectivity index (χ1n) is 11.5. The van der Waals surface area contributed by atoms with Crippen LogP contribution in [-0.2, 0) is 20.9 Å². The molecule has 3 rings (SSSR count). The average molecular weight is 456 g/mol. The van der Waals surface area contributed by atoms with Crippen molar-refractivity contribution >= 4 is 23.6 Å². The highest BCUT2D eigenvalue weighted by molar-refractivity contribution is 5.95. The molecule has 178 valence electrons. The van der Waals surface area contributed by atoms with Gasteiger partial charge in [0.15, 0.2) is 0 Å². The Kier molecular flexibility index (Phi) is 8.59. The maximum Gasteiger partial charge on any atom is 0.317 e. The molecule has 0 aromatic heterocycles. The third-order valence-corrected chi connectivity index (χ3v) is 6.33. The molecule has 9 nitrogen and oxygen atoms in total. The highest BCUT2D eigenvalue weighted by Crippen LogP contribution is 2.28. The lowest BCUT2D eigenvalue weighted by molar-refractivity contribution is -0.140. The number of aliphatic carboxylic acids is 1. The van der Waals surface area contributed by atoms with E-state index >= 15 is 0 Å². The van der Waals surface area contributed by atoms with Gasteiger partial charge in [-0.15, -0.1) is 0 Å². The molecule has 1 saturated carbocycles. The minimum atomic E-state index is -1.01. The van der Waals surface area contributed by atoms with E-state index in [0.29, 0.717) is 24.4 Å². The zero-order valence-electron chi connectivity index (χ0n) is 18.8. The molecule has 1 heterocycles. The van der Waals surface area contributed by atoms with Crippen molar-refractivity contribution in [1.29, 1.82) is 5.41 Å². The molecule has 0 saturated heterocycles. The predicted octanol–water partition coefficient (Wildman–Crippen LogP) is 1.37. The summed E-state index contributed by atoms with van der Waals surface area (Å²) in [7, 11) is 0. The van der Waals surface area contributed by atoms with E-state index in [9.17, 15) is 14.4 Å². The number of amidine groups is 1. The van der Waals surface area contributed by atoms with Crippen LogP contribution in [0.3, 0.4) is 0 Å². The van der Waals surface area contributed by atoms with Crippen LogP contribution >= 0.6 is 0 Å². The average Bonchev–Trinajstić information content (AvgIpc) is 3.30. The number of nitrogens with zero attached hydrogens (tertiary/aromatic N) is 1.